The van der Waals surface area contributed by atoms with Crippen molar-refractivity contribution in [2.45, 2.75) is 37.8 Å². The van der Waals surface area contributed by atoms with Crippen LogP contribution in [0.15, 0.2) is 5.10 Å². The maximum Gasteiger partial charge on any atom is 0.287 e. The Hall–Kier alpha value is -1.27. The van der Waals surface area contributed by atoms with E-state index in [0.29, 0.717) is 0 Å². The molecule has 1 N–H and O–H groups in total. The zero-order valence-corrected chi connectivity index (χ0v) is 13.5. The number of rotatable bonds is 4. The molecule has 7 nitrogen and oxygen atoms in total. The first-order chi connectivity index (χ1) is 11.0. The van der Waals surface area contributed by atoms with E-state index in [-0.39, 0.29) is 30.9 Å². The molecule has 0 radical (unpaired) electrons. The van der Waals surface area contributed by atoms with Gasteiger partial charge in [0.15, 0.2) is 0 Å². The van der Waals surface area contributed by atoms with Gasteiger partial charge in [-0.05, 0) is 12.8 Å². The number of sulfonamides is 1. The number of amides is 1. The molecule has 1 amide bonds. The Kier molecular flexibility index (Phi) is 5.21. The second-order valence-electron chi connectivity index (χ2n) is 5.83. The highest BCUT2D eigenvalue weighted by Gasteiger charge is 2.54. The minimum atomic E-state index is -3.47. The minimum Gasteiger partial charge on any atom is -0.364 e. The Morgan fingerprint density at radius 2 is 1.83 bits per heavy atom. The number of halogens is 4. The summed E-state index contributed by atoms with van der Waals surface area (Å²) in [5, 5.41) is 13.2. The lowest BCUT2D eigenvalue weighted by Gasteiger charge is -2.35. The average Bonchev–Trinajstić information content (AvgIpc) is 2.85. The molecule has 2 aliphatic heterocycles. The molecule has 138 valence electrons. The molecule has 24 heavy (non-hydrogen) atoms. The monoisotopic (exact) mass is 375 g/mol. The number of carbonyl (C=O) groups is 1. The molecule has 12 heteroatoms. The fourth-order valence-electron chi connectivity index (χ4n) is 2.73. The highest BCUT2D eigenvalue weighted by Crippen LogP contribution is 2.35. The number of nitrogens with zero attached hydrogens (tertiary/aromatic N) is 3. The molecule has 0 aromatic rings. The third-order valence-electron chi connectivity index (χ3n) is 4.12. The van der Waals surface area contributed by atoms with E-state index in [1.807, 2.05) is 0 Å². The van der Waals surface area contributed by atoms with Crippen LogP contribution in [0.2, 0.25) is 0 Å². The quantitative estimate of drug-likeness (QED) is 0.723. The lowest BCUT2D eigenvalue weighted by atomic mass is 9.96. The molecular weight excluding hydrogens is 358 g/mol. The third-order valence-corrected chi connectivity index (χ3v) is 5.42. The van der Waals surface area contributed by atoms with E-state index in [9.17, 15) is 35.9 Å². The van der Waals surface area contributed by atoms with Crippen molar-refractivity contribution in [2.24, 2.45) is 11.0 Å². The molecule has 0 spiro atoms. The van der Waals surface area contributed by atoms with Crippen LogP contribution in [-0.4, -0.2) is 72.4 Å². The topological polar surface area (TPSA) is 90.3 Å². The Morgan fingerprint density at radius 3 is 2.25 bits per heavy atom. The van der Waals surface area contributed by atoms with Gasteiger partial charge in [-0.15, -0.1) is 0 Å². The first-order valence-corrected chi connectivity index (χ1v) is 8.97. The molecule has 0 bridgehead atoms. The summed E-state index contributed by atoms with van der Waals surface area (Å²) in [5.41, 5.74) is -4.09. The molecule has 0 aromatic carbocycles. The van der Waals surface area contributed by atoms with Crippen LogP contribution in [0, 0.1) is 5.92 Å². The number of alkyl halides is 4. The van der Waals surface area contributed by atoms with Gasteiger partial charge in [-0.3, -0.25) is 4.79 Å². The average molecular weight is 375 g/mol. The second-order valence-corrected chi connectivity index (χ2v) is 7.82. The maximum absolute atomic E-state index is 13.1. The summed E-state index contributed by atoms with van der Waals surface area (Å²) in [6, 6.07) is 0. The molecule has 2 aliphatic rings. The highest BCUT2D eigenvalue weighted by molar-refractivity contribution is 7.88. The van der Waals surface area contributed by atoms with Crippen LogP contribution < -0.4 is 0 Å². The molecule has 1 saturated heterocycles. The van der Waals surface area contributed by atoms with Gasteiger partial charge in [-0.25, -0.2) is 30.3 Å². The largest absolute Gasteiger partial charge is 0.364 e. The summed E-state index contributed by atoms with van der Waals surface area (Å²) in [7, 11) is -3.44. The maximum atomic E-state index is 13.1. The summed E-state index contributed by atoms with van der Waals surface area (Å²) >= 11 is 0. The molecule has 2 heterocycles. The third kappa shape index (κ3) is 3.54. The van der Waals surface area contributed by atoms with Crippen molar-refractivity contribution in [3.63, 3.8) is 0 Å². The predicted octanol–water partition coefficient (Wildman–Crippen LogP) is 0.465. The smallest absolute Gasteiger partial charge is 0.287 e. The lowest BCUT2D eigenvalue weighted by molar-refractivity contribution is -0.195. The van der Waals surface area contributed by atoms with Gasteiger partial charge in [-0.1, -0.05) is 0 Å². The van der Waals surface area contributed by atoms with Gasteiger partial charge in [0.2, 0.25) is 21.7 Å². The van der Waals surface area contributed by atoms with E-state index in [1.165, 1.54) is 0 Å². The highest BCUT2D eigenvalue weighted by atomic mass is 32.2. The van der Waals surface area contributed by atoms with Gasteiger partial charge in [0.05, 0.1) is 6.26 Å². The fraction of sp³-hybridized carbons (Fsp3) is 0.833. The predicted molar refractivity (Wildman–Crippen MR) is 75.0 cm³/mol. The molecule has 0 saturated carbocycles. The summed E-state index contributed by atoms with van der Waals surface area (Å²) in [5.74, 6) is -1.89. The normalized spacial score (nSPS) is 27.2. The first kappa shape index (κ1) is 19.1. The van der Waals surface area contributed by atoms with Crippen LogP contribution in [0.4, 0.5) is 17.6 Å². The molecule has 1 fully saturated rings. The van der Waals surface area contributed by atoms with Gasteiger partial charge in [0, 0.05) is 25.4 Å². The van der Waals surface area contributed by atoms with E-state index in [0.717, 1.165) is 10.6 Å². The van der Waals surface area contributed by atoms with Crippen LogP contribution >= 0.6 is 0 Å². The minimum absolute atomic E-state index is 0.00159. The van der Waals surface area contributed by atoms with Crippen LogP contribution in [0.1, 0.15) is 19.3 Å². The van der Waals surface area contributed by atoms with Crippen LogP contribution in [0.5, 0.6) is 0 Å². The van der Waals surface area contributed by atoms with Gasteiger partial charge >= 0.3 is 0 Å². The number of piperidine rings is 1. The Labute approximate surface area is 136 Å². The van der Waals surface area contributed by atoms with Crippen LogP contribution in [0.25, 0.3) is 0 Å². The molecule has 1 atom stereocenters. The van der Waals surface area contributed by atoms with E-state index in [4.69, 9.17) is 0 Å². The number of hydrogen-bond acceptors (Lipinski definition) is 5. The van der Waals surface area contributed by atoms with Gasteiger partial charge in [0.25, 0.3) is 12.9 Å². The number of hydrogen-bond donors (Lipinski definition) is 1. The summed E-state index contributed by atoms with van der Waals surface area (Å²) < 4.78 is 75.6. The van der Waals surface area contributed by atoms with Crippen LogP contribution in [0.3, 0.4) is 0 Å². The van der Waals surface area contributed by atoms with Gasteiger partial charge in [0.1, 0.15) is 5.71 Å². The molecule has 0 unspecified atom stereocenters. The standard InChI is InChI=1S/C12H17F4N3O4S/c1-24(22,23)18-4-2-7(3-5-18)10(20)19-12(21,11(15)16)6-8(17-19)9(13)14/h7,9,11,21H,2-6H2,1H3/t12-/m0/s1. The number of hydrazone groups is 1. The lowest BCUT2D eigenvalue weighted by Crippen LogP contribution is -2.54. The SMILES string of the molecule is CS(=O)(=O)N1CCC(C(=O)N2N=C(C(F)F)C[C@]2(O)C(F)F)CC1. The van der Waals surface area contributed by atoms with Crippen molar-refractivity contribution in [2.75, 3.05) is 19.3 Å². The first-order valence-electron chi connectivity index (χ1n) is 7.12. The second kappa shape index (κ2) is 6.56. The van der Waals surface area contributed by atoms with Crippen molar-refractivity contribution < 1.29 is 35.9 Å². The van der Waals surface area contributed by atoms with Crippen molar-refractivity contribution in [3.05, 3.63) is 0 Å². The summed E-state index contributed by atoms with van der Waals surface area (Å²) in [6.45, 7) is 0.00319. The van der Waals surface area contributed by atoms with Crippen molar-refractivity contribution in [3.8, 4) is 0 Å². The summed E-state index contributed by atoms with van der Waals surface area (Å²) in [4.78, 5) is 12.4. The Morgan fingerprint density at radius 1 is 1.29 bits per heavy atom. The van der Waals surface area contributed by atoms with E-state index >= 15 is 0 Å². The van der Waals surface area contributed by atoms with Crippen molar-refractivity contribution in [1.82, 2.24) is 9.31 Å². The molecule has 0 aromatic heterocycles. The molecule has 0 aliphatic carbocycles. The van der Waals surface area contributed by atoms with Gasteiger partial charge < -0.3 is 5.11 Å². The Bertz CT molecular complexity index is 634. The van der Waals surface area contributed by atoms with E-state index in [1.54, 1.807) is 0 Å². The number of aliphatic hydroxyl groups is 1. The molecular formula is C12H17F4N3O4S. The van der Waals surface area contributed by atoms with Crippen LogP contribution in [-0.2, 0) is 14.8 Å². The van der Waals surface area contributed by atoms with E-state index < -0.39 is 52.6 Å². The Balaban J connectivity index is 2.16. The zero-order valence-electron chi connectivity index (χ0n) is 12.7. The van der Waals surface area contributed by atoms with E-state index in [2.05, 4.69) is 5.10 Å². The van der Waals surface area contributed by atoms with Crippen molar-refractivity contribution in [1.29, 1.82) is 0 Å². The number of carbonyl (C=O) groups excluding carboxylic acids is 1. The fourth-order valence-corrected chi connectivity index (χ4v) is 3.60. The zero-order chi connectivity index (χ0) is 18.3. The summed E-state index contributed by atoms with van der Waals surface area (Å²) in [6.07, 6.45) is -6.71. The van der Waals surface area contributed by atoms with Gasteiger partial charge in [-0.2, -0.15) is 10.1 Å². The van der Waals surface area contributed by atoms with Crippen molar-refractivity contribution >= 4 is 21.6 Å². The molecule has 2 rings (SSSR count).